The summed E-state index contributed by atoms with van der Waals surface area (Å²) < 4.78 is 0. The third-order valence-corrected chi connectivity index (χ3v) is 8.08. The van der Waals surface area contributed by atoms with Crippen LogP contribution in [-0.4, -0.2) is 62.1 Å². The van der Waals surface area contributed by atoms with Crippen LogP contribution in [0.3, 0.4) is 0 Å². The topological polar surface area (TPSA) is 61.9 Å². The van der Waals surface area contributed by atoms with Crippen LogP contribution in [0.5, 0.6) is 0 Å². The Kier molecular flexibility index (Phi) is 5.71. The van der Waals surface area contributed by atoms with E-state index in [2.05, 4.69) is 17.3 Å². The minimum Gasteiger partial charge on any atom is -0.368 e. The number of nitrogens with zero attached hydrogens (tertiary/aromatic N) is 2. The number of carbonyl (C=O) groups is 2. The maximum atomic E-state index is 12.9. The van der Waals surface area contributed by atoms with Crippen molar-refractivity contribution in [2.75, 3.05) is 40.3 Å². The van der Waals surface area contributed by atoms with Crippen molar-refractivity contribution in [2.45, 2.75) is 64.2 Å². The minimum atomic E-state index is -0.00987. The summed E-state index contributed by atoms with van der Waals surface area (Å²) in [5.41, 5.74) is 0.491. The predicted molar refractivity (Wildman–Crippen MR) is 107 cm³/mol. The highest BCUT2D eigenvalue weighted by Gasteiger charge is 2.46. The molecule has 4 fully saturated rings. The third-order valence-electron chi connectivity index (χ3n) is 8.08. The zero-order valence-corrected chi connectivity index (χ0v) is 17.7. The van der Waals surface area contributed by atoms with E-state index in [1.165, 1.54) is 12.8 Å². The third kappa shape index (κ3) is 4.09. The Morgan fingerprint density at radius 1 is 0.929 bits per heavy atom. The molecule has 1 amide bonds. The monoisotopic (exact) mass is 391 g/mol. The van der Waals surface area contributed by atoms with Crippen molar-refractivity contribution >= 4 is 11.9 Å². The fourth-order valence-electron chi connectivity index (χ4n) is 6.60. The van der Waals surface area contributed by atoms with Crippen molar-refractivity contribution in [1.29, 1.82) is 0 Å². The van der Waals surface area contributed by atoms with Gasteiger partial charge in [0.05, 0.1) is 5.92 Å². The highest BCUT2D eigenvalue weighted by Crippen LogP contribution is 2.48. The number of amides is 1. The normalized spacial score (nSPS) is 39.5. The quantitative estimate of drug-likeness (QED) is 0.801. The molecule has 0 bridgehead atoms. The first-order valence-corrected chi connectivity index (χ1v) is 11.3. The van der Waals surface area contributed by atoms with Gasteiger partial charge in [0.1, 0.15) is 0 Å². The lowest BCUT2D eigenvalue weighted by atomic mass is 9.69. The molecule has 28 heavy (non-hydrogen) atoms. The molecule has 6 heteroatoms. The van der Waals surface area contributed by atoms with Gasteiger partial charge in [-0.05, 0) is 75.8 Å². The molecule has 2 saturated carbocycles. The van der Waals surface area contributed by atoms with Crippen molar-refractivity contribution in [3.63, 3.8) is 0 Å². The molecule has 1 N–H and O–H groups in total. The molecule has 0 aromatic carbocycles. The van der Waals surface area contributed by atoms with Crippen LogP contribution in [0.15, 0.2) is 0 Å². The molecule has 2 aliphatic carbocycles. The lowest BCUT2D eigenvalue weighted by Crippen LogP contribution is -2.40. The van der Waals surface area contributed by atoms with E-state index >= 15 is 0 Å². The summed E-state index contributed by atoms with van der Waals surface area (Å²) in [7, 11) is 3.92. The van der Waals surface area contributed by atoms with Crippen LogP contribution in [0.25, 0.3) is 0 Å². The van der Waals surface area contributed by atoms with Crippen LogP contribution in [0.4, 0.5) is 0 Å². The van der Waals surface area contributed by atoms with Crippen molar-refractivity contribution in [1.82, 2.24) is 15.3 Å². The van der Waals surface area contributed by atoms with Gasteiger partial charge in [-0.15, -0.1) is 5.06 Å². The fourth-order valence-corrected chi connectivity index (χ4v) is 6.60. The van der Waals surface area contributed by atoms with Gasteiger partial charge in [-0.3, -0.25) is 9.59 Å². The summed E-state index contributed by atoms with van der Waals surface area (Å²) in [5, 5.41) is 4.73. The highest BCUT2D eigenvalue weighted by molar-refractivity contribution is 5.78. The SMILES string of the molecule is CNC(=O)[C@H]1CCCC2(CCN(OC(=O)C3CCCC4(CCN(C)C4)C3)C2)C1. The molecule has 0 aromatic heterocycles. The average molecular weight is 392 g/mol. The van der Waals surface area contributed by atoms with Crippen molar-refractivity contribution in [2.24, 2.45) is 22.7 Å². The van der Waals surface area contributed by atoms with Crippen LogP contribution in [0, 0.1) is 22.7 Å². The highest BCUT2D eigenvalue weighted by atomic mass is 16.7. The van der Waals surface area contributed by atoms with E-state index in [4.69, 9.17) is 4.84 Å². The van der Waals surface area contributed by atoms with Crippen LogP contribution >= 0.6 is 0 Å². The van der Waals surface area contributed by atoms with Gasteiger partial charge in [-0.2, -0.15) is 0 Å². The Hall–Kier alpha value is -1.14. The van der Waals surface area contributed by atoms with E-state index < -0.39 is 0 Å². The molecule has 0 aromatic rings. The average Bonchev–Trinajstić information content (AvgIpc) is 3.24. The second-order valence-corrected chi connectivity index (χ2v) is 10.2. The first-order chi connectivity index (χ1) is 13.4. The smallest absolute Gasteiger partial charge is 0.328 e. The van der Waals surface area contributed by atoms with Crippen LogP contribution in [0.2, 0.25) is 0 Å². The summed E-state index contributed by atoms with van der Waals surface area (Å²) >= 11 is 0. The second-order valence-electron chi connectivity index (χ2n) is 10.2. The molecular formula is C22H37N3O3. The minimum absolute atomic E-state index is 0.00987. The maximum absolute atomic E-state index is 12.9. The van der Waals surface area contributed by atoms with Gasteiger partial charge < -0.3 is 15.1 Å². The van der Waals surface area contributed by atoms with E-state index in [1.807, 2.05) is 5.06 Å². The molecule has 2 heterocycles. The van der Waals surface area contributed by atoms with Crippen molar-refractivity contribution in [3.8, 4) is 0 Å². The van der Waals surface area contributed by atoms with Gasteiger partial charge in [-0.1, -0.05) is 12.8 Å². The number of likely N-dealkylation sites (tertiary alicyclic amines) is 1. The van der Waals surface area contributed by atoms with Gasteiger partial charge in [0.2, 0.25) is 5.91 Å². The Morgan fingerprint density at radius 2 is 1.57 bits per heavy atom. The number of nitrogens with one attached hydrogen (secondary N) is 1. The van der Waals surface area contributed by atoms with E-state index in [-0.39, 0.29) is 29.1 Å². The summed E-state index contributed by atoms with van der Waals surface area (Å²) in [6.45, 7) is 3.90. The lowest BCUT2D eigenvalue weighted by Gasteiger charge is -2.38. The number of hydrogen-bond donors (Lipinski definition) is 1. The van der Waals surface area contributed by atoms with Crippen LogP contribution in [0.1, 0.15) is 64.2 Å². The van der Waals surface area contributed by atoms with Gasteiger partial charge in [0.15, 0.2) is 0 Å². The predicted octanol–water partition coefficient (Wildman–Crippen LogP) is 2.58. The molecule has 4 rings (SSSR count). The van der Waals surface area contributed by atoms with Gasteiger partial charge in [0.25, 0.3) is 0 Å². The summed E-state index contributed by atoms with van der Waals surface area (Å²) in [6, 6.07) is 0. The molecule has 4 atom stereocenters. The standard InChI is InChI=1S/C22H37N3O3/c1-23-19(26)17-5-3-8-22(13-17)10-12-25(16-22)28-20(27)18-6-4-7-21(14-18)9-11-24(2)15-21/h17-18H,3-16H2,1-2H3,(H,23,26)/t17-,18?,21?,22?/m0/s1. The number of hydroxylamine groups is 2. The molecular weight excluding hydrogens is 354 g/mol. The molecule has 0 radical (unpaired) electrons. The summed E-state index contributed by atoms with van der Waals surface area (Å²) in [5.74, 6) is 0.335. The van der Waals surface area contributed by atoms with Crippen molar-refractivity contribution in [3.05, 3.63) is 0 Å². The second kappa shape index (κ2) is 7.94. The number of carbonyl (C=O) groups excluding carboxylic acids is 2. The molecule has 6 nitrogen and oxygen atoms in total. The fraction of sp³-hybridized carbons (Fsp3) is 0.909. The number of rotatable bonds is 3. The Balaban J connectivity index is 1.31. The summed E-state index contributed by atoms with van der Waals surface area (Å²) in [6.07, 6.45) is 10.8. The molecule has 2 aliphatic heterocycles. The Labute approximate surface area is 169 Å². The van der Waals surface area contributed by atoms with Crippen LogP contribution < -0.4 is 5.32 Å². The van der Waals surface area contributed by atoms with Crippen LogP contribution in [-0.2, 0) is 14.4 Å². The molecule has 3 unspecified atom stereocenters. The maximum Gasteiger partial charge on any atom is 0.328 e. The first kappa shape index (κ1) is 20.1. The molecule has 2 saturated heterocycles. The van der Waals surface area contributed by atoms with Gasteiger partial charge in [0, 0.05) is 32.6 Å². The first-order valence-electron chi connectivity index (χ1n) is 11.3. The van der Waals surface area contributed by atoms with Crippen molar-refractivity contribution < 1.29 is 14.4 Å². The van der Waals surface area contributed by atoms with Gasteiger partial charge in [-0.25, -0.2) is 0 Å². The van der Waals surface area contributed by atoms with E-state index in [0.717, 1.165) is 77.5 Å². The van der Waals surface area contributed by atoms with E-state index in [1.54, 1.807) is 7.05 Å². The molecule has 2 spiro atoms. The number of hydrogen-bond acceptors (Lipinski definition) is 5. The van der Waals surface area contributed by atoms with E-state index in [0.29, 0.717) is 5.41 Å². The van der Waals surface area contributed by atoms with E-state index in [9.17, 15) is 9.59 Å². The molecule has 158 valence electrons. The Bertz CT molecular complexity index is 608. The summed E-state index contributed by atoms with van der Waals surface area (Å²) in [4.78, 5) is 33.3. The Morgan fingerprint density at radius 3 is 2.25 bits per heavy atom. The van der Waals surface area contributed by atoms with Gasteiger partial charge >= 0.3 is 5.97 Å². The zero-order valence-electron chi connectivity index (χ0n) is 17.7. The zero-order chi connectivity index (χ0) is 19.8. The lowest BCUT2D eigenvalue weighted by molar-refractivity contribution is -0.195. The largest absolute Gasteiger partial charge is 0.368 e. The molecule has 4 aliphatic rings.